The molecule has 0 saturated heterocycles. The Morgan fingerprint density at radius 3 is 2.58 bits per heavy atom. The second-order valence-electron chi connectivity index (χ2n) is 5.58. The Balaban J connectivity index is 1.87. The van der Waals surface area contributed by atoms with E-state index >= 15 is 0 Å². The van der Waals surface area contributed by atoms with Crippen LogP contribution in [0, 0.1) is 12.3 Å². The van der Waals surface area contributed by atoms with E-state index < -0.39 is 6.04 Å². The number of rotatable bonds is 6. The topological polar surface area (TPSA) is 75.4 Å². The van der Waals surface area contributed by atoms with E-state index in [4.69, 9.17) is 10.8 Å². The maximum atomic E-state index is 12.0. The molecular formula is C15H22N2O2. The third-order valence-electron chi connectivity index (χ3n) is 3.96. The highest BCUT2D eigenvalue weighted by Crippen LogP contribution is 2.47. The first-order valence-electron chi connectivity index (χ1n) is 6.77. The van der Waals surface area contributed by atoms with Crippen LogP contribution >= 0.6 is 0 Å². The number of aliphatic hydroxyl groups is 1. The second kappa shape index (κ2) is 5.72. The van der Waals surface area contributed by atoms with Gasteiger partial charge in [-0.15, -0.1) is 0 Å². The van der Waals surface area contributed by atoms with Gasteiger partial charge in [-0.05, 0) is 37.2 Å². The third kappa shape index (κ3) is 3.55. The van der Waals surface area contributed by atoms with E-state index in [-0.39, 0.29) is 17.9 Å². The molecule has 1 amide bonds. The van der Waals surface area contributed by atoms with Gasteiger partial charge in [-0.25, -0.2) is 0 Å². The smallest absolute Gasteiger partial charge is 0.241 e. The number of carbonyl (C=O) groups excluding carboxylic acids is 1. The second-order valence-corrected chi connectivity index (χ2v) is 5.58. The van der Waals surface area contributed by atoms with Crippen molar-refractivity contribution in [1.29, 1.82) is 0 Å². The fourth-order valence-electron chi connectivity index (χ4n) is 2.24. The van der Waals surface area contributed by atoms with E-state index in [0.29, 0.717) is 6.54 Å². The van der Waals surface area contributed by atoms with Crippen LogP contribution in [0.4, 0.5) is 0 Å². The minimum absolute atomic E-state index is 0.122. The fraction of sp³-hybridized carbons (Fsp3) is 0.533. The molecule has 0 radical (unpaired) electrons. The van der Waals surface area contributed by atoms with Gasteiger partial charge in [0, 0.05) is 13.2 Å². The van der Waals surface area contributed by atoms with Crippen molar-refractivity contribution in [3.8, 4) is 0 Å². The van der Waals surface area contributed by atoms with Gasteiger partial charge in [-0.3, -0.25) is 4.79 Å². The molecule has 4 nitrogen and oxygen atoms in total. The number of nitrogens with one attached hydrogen (secondary N) is 1. The summed E-state index contributed by atoms with van der Waals surface area (Å²) in [5, 5.41) is 11.9. The molecule has 1 aromatic rings. The van der Waals surface area contributed by atoms with Gasteiger partial charge in [0.1, 0.15) is 6.04 Å². The Labute approximate surface area is 114 Å². The molecule has 0 aliphatic heterocycles. The Kier molecular flexibility index (Phi) is 4.22. The Hall–Kier alpha value is -1.39. The number of carbonyl (C=O) groups is 1. The van der Waals surface area contributed by atoms with Crippen molar-refractivity contribution in [2.75, 3.05) is 13.2 Å². The highest BCUT2D eigenvalue weighted by Gasteiger charge is 2.42. The van der Waals surface area contributed by atoms with Gasteiger partial charge in [0.25, 0.3) is 0 Å². The third-order valence-corrected chi connectivity index (χ3v) is 3.96. The van der Waals surface area contributed by atoms with Crippen molar-refractivity contribution in [3.63, 3.8) is 0 Å². The van der Waals surface area contributed by atoms with Gasteiger partial charge in [0.05, 0.1) is 0 Å². The van der Waals surface area contributed by atoms with Gasteiger partial charge < -0.3 is 16.2 Å². The zero-order chi connectivity index (χ0) is 13.9. The van der Waals surface area contributed by atoms with Gasteiger partial charge in [-0.2, -0.15) is 0 Å². The van der Waals surface area contributed by atoms with Crippen molar-refractivity contribution >= 4 is 5.91 Å². The van der Waals surface area contributed by atoms with E-state index in [9.17, 15) is 4.79 Å². The molecule has 0 aromatic heterocycles. The maximum Gasteiger partial charge on any atom is 0.241 e. The molecule has 1 atom stereocenters. The summed E-state index contributed by atoms with van der Waals surface area (Å²) in [6.45, 7) is 2.80. The lowest BCUT2D eigenvalue weighted by molar-refractivity contribution is -0.122. The standard InChI is InChI=1S/C15H22N2O2/c1-11-2-4-12(5-3-11)13(16)14(19)17-10-15(6-7-15)8-9-18/h2-5,13,18H,6-10,16H2,1H3,(H,17,19). The normalized spacial score (nSPS) is 17.8. The van der Waals surface area contributed by atoms with Crippen molar-refractivity contribution in [3.05, 3.63) is 35.4 Å². The number of aryl methyl sites for hydroxylation is 1. The molecule has 1 aromatic carbocycles. The van der Waals surface area contributed by atoms with Crippen LogP contribution in [-0.4, -0.2) is 24.2 Å². The van der Waals surface area contributed by atoms with Gasteiger partial charge >= 0.3 is 0 Å². The summed E-state index contributed by atoms with van der Waals surface area (Å²) in [6.07, 6.45) is 2.91. The van der Waals surface area contributed by atoms with Crippen LogP contribution in [0.2, 0.25) is 0 Å². The van der Waals surface area contributed by atoms with E-state index in [1.54, 1.807) is 0 Å². The lowest BCUT2D eigenvalue weighted by Gasteiger charge is -2.17. The Bertz CT molecular complexity index is 438. The van der Waals surface area contributed by atoms with Crippen LogP contribution in [0.15, 0.2) is 24.3 Å². The molecule has 1 fully saturated rings. The quantitative estimate of drug-likeness (QED) is 0.722. The SMILES string of the molecule is Cc1ccc(C(N)C(=O)NCC2(CCO)CC2)cc1. The summed E-state index contributed by atoms with van der Waals surface area (Å²) in [5.41, 5.74) is 8.05. The molecule has 1 aliphatic rings. The molecule has 0 spiro atoms. The van der Waals surface area contributed by atoms with Crippen LogP contribution in [0.25, 0.3) is 0 Å². The van der Waals surface area contributed by atoms with Crippen molar-refractivity contribution in [2.45, 2.75) is 32.2 Å². The predicted octanol–water partition coefficient (Wildman–Crippen LogP) is 1.27. The first-order valence-corrected chi connectivity index (χ1v) is 6.77. The summed E-state index contributed by atoms with van der Waals surface area (Å²) in [5.74, 6) is -0.145. The molecule has 4 heteroatoms. The van der Waals surface area contributed by atoms with E-state index in [1.165, 1.54) is 0 Å². The summed E-state index contributed by atoms with van der Waals surface area (Å²) in [4.78, 5) is 12.0. The summed E-state index contributed by atoms with van der Waals surface area (Å²) >= 11 is 0. The highest BCUT2D eigenvalue weighted by molar-refractivity contribution is 5.83. The number of hydrogen-bond acceptors (Lipinski definition) is 3. The number of aliphatic hydroxyl groups excluding tert-OH is 1. The summed E-state index contributed by atoms with van der Waals surface area (Å²) in [6, 6.07) is 7.07. The lowest BCUT2D eigenvalue weighted by Crippen LogP contribution is -2.37. The first-order chi connectivity index (χ1) is 9.06. The van der Waals surface area contributed by atoms with Crippen molar-refractivity contribution < 1.29 is 9.90 Å². The Morgan fingerprint density at radius 2 is 2.05 bits per heavy atom. The number of amides is 1. The largest absolute Gasteiger partial charge is 0.396 e. The van der Waals surface area contributed by atoms with Crippen molar-refractivity contribution in [1.82, 2.24) is 5.32 Å². The zero-order valence-corrected chi connectivity index (χ0v) is 11.4. The van der Waals surface area contributed by atoms with Crippen LogP contribution in [0.5, 0.6) is 0 Å². The molecule has 0 bridgehead atoms. The van der Waals surface area contributed by atoms with Gasteiger partial charge in [0.2, 0.25) is 5.91 Å². The van der Waals surface area contributed by atoms with Gasteiger partial charge in [-0.1, -0.05) is 29.8 Å². The van der Waals surface area contributed by atoms with Crippen molar-refractivity contribution in [2.24, 2.45) is 11.1 Å². The molecule has 1 aliphatic carbocycles. The van der Waals surface area contributed by atoms with E-state index in [2.05, 4.69) is 5.32 Å². The fourth-order valence-corrected chi connectivity index (χ4v) is 2.24. The number of benzene rings is 1. The Morgan fingerprint density at radius 1 is 1.42 bits per heavy atom. The summed E-state index contributed by atoms with van der Waals surface area (Å²) < 4.78 is 0. The molecule has 1 unspecified atom stereocenters. The zero-order valence-electron chi connectivity index (χ0n) is 11.4. The monoisotopic (exact) mass is 262 g/mol. The molecule has 4 N–H and O–H groups in total. The molecular weight excluding hydrogens is 240 g/mol. The molecule has 0 heterocycles. The number of nitrogens with two attached hydrogens (primary N) is 1. The van der Waals surface area contributed by atoms with Crippen LogP contribution in [0.1, 0.15) is 36.4 Å². The van der Waals surface area contributed by atoms with Crippen LogP contribution in [-0.2, 0) is 4.79 Å². The average molecular weight is 262 g/mol. The number of hydrogen-bond donors (Lipinski definition) is 3. The van der Waals surface area contributed by atoms with E-state index in [0.717, 1.165) is 30.4 Å². The van der Waals surface area contributed by atoms with E-state index in [1.807, 2.05) is 31.2 Å². The maximum absolute atomic E-state index is 12.0. The van der Waals surface area contributed by atoms with Gasteiger partial charge in [0.15, 0.2) is 0 Å². The lowest BCUT2D eigenvalue weighted by atomic mass is 10.0. The highest BCUT2D eigenvalue weighted by atomic mass is 16.3. The predicted molar refractivity (Wildman–Crippen MR) is 74.5 cm³/mol. The minimum Gasteiger partial charge on any atom is -0.396 e. The molecule has 1 saturated carbocycles. The molecule has 2 rings (SSSR count). The molecule has 19 heavy (non-hydrogen) atoms. The van der Waals surface area contributed by atoms with Crippen LogP contribution in [0.3, 0.4) is 0 Å². The average Bonchev–Trinajstić information content (AvgIpc) is 3.17. The molecule has 104 valence electrons. The van der Waals surface area contributed by atoms with Crippen LogP contribution < -0.4 is 11.1 Å². The first kappa shape index (κ1) is 14.0. The summed E-state index contributed by atoms with van der Waals surface area (Å²) in [7, 11) is 0. The minimum atomic E-state index is -0.620.